The molecule has 0 amide bonds. The number of rotatable bonds is 1. The number of aliphatic hydroxyl groups is 2. The maximum absolute atomic E-state index is 13.1. The Balaban J connectivity index is 2.15. The zero-order chi connectivity index (χ0) is 25.4. The van der Waals surface area contributed by atoms with Crippen LogP contribution in [-0.2, 0) is 19.1 Å². The van der Waals surface area contributed by atoms with E-state index < -0.39 is 41.4 Å². The van der Waals surface area contributed by atoms with Crippen LogP contribution in [0.1, 0.15) is 41.0 Å². The average Bonchev–Trinajstić information content (AvgIpc) is 2.78. The summed E-state index contributed by atoms with van der Waals surface area (Å²) in [4.78, 5) is 25.6. The summed E-state index contributed by atoms with van der Waals surface area (Å²) >= 11 is 6.49. The lowest BCUT2D eigenvalue weighted by Gasteiger charge is -2.53. The maximum Gasteiger partial charge on any atom is 0.317 e. The van der Waals surface area contributed by atoms with Gasteiger partial charge in [-0.15, -0.1) is 0 Å². The first-order chi connectivity index (χ1) is 15.9. The Hall–Kier alpha value is -1.89. The van der Waals surface area contributed by atoms with E-state index in [9.17, 15) is 19.8 Å². The second kappa shape index (κ2) is 10.4. The molecule has 3 rings (SSSR count). The maximum atomic E-state index is 13.1. The summed E-state index contributed by atoms with van der Waals surface area (Å²) in [6.07, 6.45) is 11.2. The predicted molar refractivity (Wildman–Crippen MR) is 131 cm³/mol. The number of Topliss-reactive ketones (excluding diaryl/α,β-unsaturated/α-hetero) is 1. The van der Waals surface area contributed by atoms with E-state index in [-0.39, 0.29) is 40.4 Å². The van der Waals surface area contributed by atoms with Crippen LogP contribution in [0.15, 0.2) is 47.2 Å². The van der Waals surface area contributed by atoms with Gasteiger partial charge in [0, 0.05) is 13.0 Å². The van der Waals surface area contributed by atoms with Crippen LogP contribution in [0.25, 0.3) is 0 Å². The molecular weight excluding hydrogens is 456 g/mol. The van der Waals surface area contributed by atoms with E-state index >= 15 is 0 Å². The Labute approximate surface area is 207 Å². The topological polar surface area (TPSA) is 93.1 Å². The molecule has 0 unspecified atom stereocenters. The molecule has 0 aromatic carbocycles. The van der Waals surface area contributed by atoms with Crippen LogP contribution >= 0.6 is 11.6 Å². The second-order valence-electron chi connectivity index (χ2n) is 10.4. The summed E-state index contributed by atoms with van der Waals surface area (Å²) in [7, 11) is 1.58. The van der Waals surface area contributed by atoms with Gasteiger partial charge in [0.25, 0.3) is 0 Å². The first-order valence-electron chi connectivity index (χ1n) is 12.0. The lowest BCUT2D eigenvalue weighted by Crippen LogP contribution is -2.57. The predicted octanol–water partition coefficient (Wildman–Crippen LogP) is 4.73. The molecule has 1 saturated carbocycles. The fraction of sp³-hybridized carbons (Fsp3) is 0.630. The number of ether oxygens (including phenoxy) is 2. The number of aliphatic hydroxyl groups excluding tert-OH is 1. The number of fused-ring (bicyclic) bond motifs is 3. The number of carbonyl (C=O) groups excluding carboxylic acids is 2. The van der Waals surface area contributed by atoms with E-state index in [1.807, 2.05) is 25.2 Å². The molecule has 34 heavy (non-hydrogen) atoms. The lowest BCUT2D eigenvalue weighted by molar-refractivity contribution is -0.166. The minimum atomic E-state index is -1.15. The van der Waals surface area contributed by atoms with Crippen molar-refractivity contribution in [2.45, 2.75) is 58.8 Å². The number of halogens is 1. The van der Waals surface area contributed by atoms with E-state index in [2.05, 4.69) is 19.1 Å². The van der Waals surface area contributed by atoms with Gasteiger partial charge in [0.2, 0.25) is 0 Å². The molecule has 1 fully saturated rings. The molecule has 0 saturated heterocycles. The van der Waals surface area contributed by atoms with Gasteiger partial charge >= 0.3 is 5.97 Å². The molecular formula is C27H37ClO6. The smallest absolute Gasteiger partial charge is 0.317 e. The summed E-state index contributed by atoms with van der Waals surface area (Å²) < 4.78 is 11.1. The molecule has 0 aromatic rings. The Morgan fingerprint density at radius 2 is 1.74 bits per heavy atom. The Morgan fingerprint density at radius 1 is 1.09 bits per heavy atom. The van der Waals surface area contributed by atoms with Gasteiger partial charge in [-0.1, -0.05) is 55.8 Å². The second-order valence-corrected chi connectivity index (χ2v) is 10.7. The van der Waals surface area contributed by atoms with Crippen molar-refractivity contribution >= 4 is 23.4 Å². The molecule has 188 valence electrons. The summed E-state index contributed by atoms with van der Waals surface area (Å²) in [5.74, 6) is -3.60. The number of ketones is 1. The molecule has 1 aliphatic heterocycles. The van der Waals surface area contributed by atoms with Crippen molar-refractivity contribution in [2.75, 3.05) is 7.11 Å². The third-order valence-electron chi connectivity index (χ3n) is 7.83. The minimum Gasteiger partial charge on any atom is -0.510 e. The molecule has 0 aromatic heterocycles. The van der Waals surface area contributed by atoms with Crippen LogP contribution in [0.4, 0.5) is 0 Å². The quantitative estimate of drug-likeness (QED) is 0.312. The van der Waals surface area contributed by atoms with Gasteiger partial charge in [-0.05, 0) is 62.9 Å². The third-order valence-corrected chi connectivity index (χ3v) is 8.21. The van der Waals surface area contributed by atoms with Crippen molar-refractivity contribution in [1.82, 2.24) is 0 Å². The monoisotopic (exact) mass is 492 g/mol. The zero-order valence-electron chi connectivity index (χ0n) is 20.8. The number of allylic oxidation sites excluding steroid dienone is 7. The zero-order valence-corrected chi connectivity index (χ0v) is 21.5. The Kier molecular flexibility index (Phi) is 8.16. The number of hydrogen-bond acceptors (Lipinski definition) is 6. The lowest BCUT2D eigenvalue weighted by atomic mass is 9.55. The van der Waals surface area contributed by atoms with Crippen molar-refractivity contribution in [2.24, 2.45) is 41.4 Å². The van der Waals surface area contributed by atoms with Gasteiger partial charge in [0.05, 0.1) is 11.7 Å². The van der Waals surface area contributed by atoms with Crippen molar-refractivity contribution in [3.05, 3.63) is 47.2 Å². The average molecular weight is 493 g/mol. The van der Waals surface area contributed by atoms with E-state index in [4.69, 9.17) is 21.1 Å². The van der Waals surface area contributed by atoms with Gasteiger partial charge in [-0.2, -0.15) is 0 Å². The van der Waals surface area contributed by atoms with E-state index in [0.29, 0.717) is 6.42 Å². The first-order valence-corrected chi connectivity index (χ1v) is 12.4. The number of carbonyl (C=O) groups is 2. The SMILES string of the molecule is CO[C@@H]1[C@@H](C)[C@H]2[C@@H]3C(O)=C(Cl)C(=O)[C@H](C)C(=O)O[C@@H](C)/C=C/C=C\[C@@H](C)[C@@H]3C=C[C@@H]2C[C@@]1(C)O. The standard InChI is InChI=1S/C27H37ClO6/c1-14-9-7-8-10-15(2)34-26(31)17(4)23(29)22(28)24(30)21-19(14)12-11-18-13-27(5,32)25(33-6)16(3)20(18)21/h7-12,14-21,25,30,32H,13H2,1-6H3/b9-7-,10-8+,24-22?/t14-,15+,16+,17+,18-,19+,20-,21-,25-,27-/m1/s1. The van der Waals surface area contributed by atoms with E-state index in [0.717, 1.165) is 0 Å². The minimum absolute atomic E-state index is 0.0161. The molecule has 0 bridgehead atoms. The summed E-state index contributed by atoms with van der Waals surface area (Å²) in [5, 5.41) is 22.2. The van der Waals surface area contributed by atoms with Crippen LogP contribution in [0, 0.1) is 41.4 Å². The number of hydrogen-bond donors (Lipinski definition) is 2. The van der Waals surface area contributed by atoms with Crippen LogP contribution in [0.5, 0.6) is 0 Å². The van der Waals surface area contributed by atoms with Crippen LogP contribution in [-0.4, -0.2) is 46.9 Å². The molecule has 1 heterocycles. The van der Waals surface area contributed by atoms with E-state index in [1.165, 1.54) is 6.92 Å². The molecule has 10 atom stereocenters. The number of esters is 1. The Morgan fingerprint density at radius 3 is 2.38 bits per heavy atom. The van der Waals surface area contributed by atoms with Crippen molar-refractivity contribution in [1.29, 1.82) is 0 Å². The fourth-order valence-corrected chi connectivity index (χ4v) is 6.43. The van der Waals surface area contributed by atoms with Gasteiger partial charge < -0.3 is 19.7 Å². The molecule has 2 aliphatic carbocycles. The highest BCUT2D eigenvalue weighted by Gasteiger charge is 2.54. The molecule has 3 aliphatic rings. The van der Waals surface area contributed by atoms with Gasteiger partial charge in [0.15, 0.2) is 5.78 Å². The van der Waals surface area contributed by atoms with Crippen LogP contribution < -0.4 is 0 Å². The van der Waals surface area contributed by atoms with E-state index in [1.54, 1.807) is 27.0 Å². The summed E-state index contributed by atoms with van der Waals surface area (Å²) in [6.45, 7) is 9.00. The number of methoxy groups -OCH3 is 1. The van der Waals surface area contributed by atoms with Gasteiger partial charge in [0.1, 0.15) is 22.8 Å². The highest BCUT2D eigenvalue weighted by atomic mass is 35.5. The molecule has 6 nitrogen and oxygen atoms in total. The van der Waals surface area contributed by atoms with Gasteiger partial charge in [-0.25, -0.2) is 0 Å². The largest absolute Gasteiger partial charge is 0.510 e. The fourth-order valence-electron chi connectivity index (χ4n) is 6.14. The molecule has 0 radical (unpaired) electrons. The first kappa shape index (κ1) is 26.7. The van der Waals surface area contributed by atoms with Crippen molar-refractivity contribution < 1.29 is 29.3 Å². The highest BCUT2D eigenvalue weighted by Crippen LogP contribution is 2.53. The van der Waals surface area contributed by atoms with Crippen LogP contribution in [0.2, 0.25) is 0 Å². The molecule has 0 spiro atoms. The number of cyclic esters (lactones) is 1. The van der Waals surface area contributed by atoms with Crippen molar-refractivity contribution in [3.63, 3.8) is 0 Å². The molecule has 7 heteroatoms. The van der Waals surface area contributed by atoms with Crippen molar-refractivity contribution in [3.8, 4) is 0 Å². The summed E-state index contributed by atoms with van der Waals surface area (Å²) in [5.41, 5.74) is -1.03. The third kappa shape index (κ3) is 5.05. The highest BCUT2D eigenvalue weighted by molar-refractivity contribution is 6.44. The normalized spacial score (nSPS) is 45.6. The van der Waals surface area contributed by atoms with Gasteiger partial charge in [-0.3, -0.25) is 9.59 Å². The summed E-state index contributed by atoms with van der Waals surface area (Å²) in [6, 6.07) is 0. The Bertz CT molecular complexity index is 916. The van der Waals surface area contributed by atoms with Crippen LogP contribution in [0.3, 0.4) is 0 Å². The molecule has 2 N–H and O–H groups in total.